The van der Waals surface area contributed by atoms with Gasteiger partial charge in [-0.05, 0) is 43.7 Å². The minimum absolute atomic E-state index is 0.235. The average Bonchev–Trinajstić information content (AvgIpc) is 2.84. The Bertz CT molecular complexity index is 926. The monoisotopic (exact) mass is 306 g/mol. The number of fused-ring (bicyclic) bond motifs is 3. The van der Waals surface area contributed by atoms with E-state index < -0.39 is 0 Å². The van der Waals surface area contributed by atoms with Crippen molar-refractivity contribution in [2.24, 2.45) is 4.99 Å². The van der Waals surface area contributed by atoms with E-state index in [4.69, 9.17) is 0 Å². The lowest BCUT2D eigenvalue weighted by Crippen LogP contribution is -2.09. The third kappa shape index (κ3) is 2.16. The van der Waals surface area contributed by atoms with Gasteiger partial charge in [-0.3, -0.25) is 14.5 Å². The summed E-state index contributed by atoms with van der Waals surface area (Å²) in [6.45, 7) is 4.22. The maximum atomic E-state index is 14.2. The molecular weight excluding hydrogens is 291 g/mol. The third-order valence-electron chi connectivity index (χ3n) is 4.10. The zero-order chi connectivity index (χ0) is 16.0. The number of rotatable bonds is 1. The first-order chi connectivity index (χ1) is 11.1. The van der Waals surface area contributed by atoms with E-state index in [0.29, 0.717) is 12.1 Å². The Labute approximate surface area is 133 Å². The van der Waals surface area contributed by atoms with Gasteiger partial charge in [0.15, 0.2) is 0 Å². The molecule has 0 fully saturated rings. The van der Waals surface area contributed by atoms with Gasteiger partial charge >= 0.3 is 0 Å². The second-order valence-corrected chi connectivity index (χ2v) is 5.68. The number of aryl methyl sites for hydroxylation is 2. The van der Waals surface area contributed by atoms with Crippen LogP contribution >= 0.6 is 0 Å². The first-order valence-corrected chi connectivity index (χ1v) is 7.44. The Balaban J connectivity index is 2.04. The molecule has 0 unspecified atom stereocenters. The molecule has 0 saturated carbocycles. The Morgan fingerprint density at radius 2 is 2.04 bits per heavy atom. The van der Waals surface area contributed by atoms with Crippen LogP contribution in [0.3, 0.4) is 0 Å². The lowest BCUT2D eigenvalue weighted by atomic mass is 9.99. The van der Waals surface area contributed by atoms with Gasteiger partial charge in [0.2, 0.25) is 0 Å². The quantitative estimate of drug-likeness (QED) is 0.692. The molecule has 1 aliphatic rings. The molecule has 114 valence electrons. The van der Waals surface area contributed by atoms with E-state index in [1.807, 2.05) is 31.3 Å². The molecule has 0 saturated heterocycles. The van der Waals surface area contributed by atoms with Crippen molar-refractivity contribution < 1.29 is 4.39 Å². The van der Waals surface area contributed by atoms with Gasteiger partial charge in [-0.2, -0.15) is 0 Å². The number of benzene rings is 1. The summed E-state index contributed by atoms with van der Waals surface area (Å²) in [6, 6.07) is 7.22. The van der Waals surface area contributed by atoms with Crippen LogP contribution in [0.5, 0.6) is 0 Å². The van der Waals surface area contributed by atoms with Crippen LogP contribution in [0.15, 0.2) is 47.8 Å². The molecule has 0 radical (unpaired) electrons. The summed E-state index contributed by atoms with van der Waals surface area (Å²) < 4.78 is 16.3. The number of aromatic nitrogens is 3. The van der Waals surface area contributed by atoms with E-state index in [9.17, 15) is 4.39 Å². The maximum Gasteiger partial charge on any atom is 0.135 e. The summed E-state index contributed by atoms with van der Waals surface area (Å²) in [6.07, 6.45) is 5.29. The number of pyridine rings is 1. The third-order valence-corrected chi connectivity index (χ3v) is 4.10. The highest BCUT2D eigenvalue weighted by Gasteiger charge is 2.22. The SMILES string of the molecule is Cc1cc2c(cc1F)C(c1cccnc1)=NCc1ncc(C)n1-2. The molecule has 5 heteroatoms. The van der Waals surface area contributed by atoms with E-state index in [0.717, 1.165) is 34.0 Å². The van der Waals surface area contributed by atoms with E-state index >= 15 is 0 Å². The minimum atomic E-state index is -0.235. The van der Waals surface area contributed by atoms with E-state index in [-0.39, 0.29) is 5.82 Å². The molecule has 3 aromatic rings. The molecule has 0 atom stereocenters. The van der Waals surface area contributed by atoms with Crippen LogP contribution in [0, 0.1) is 19.7 Å². The van der Waals surface area contributed by atoms with Crippen molar-refractivity contribution in [1.29, 1.82) is 0 Å². The number of halogens is 1. The molecule has 0 aliphatic carbocycles. The highest BCUT2D eigenvalue weighted by molar-refractivity contribution is 6.15. The molecule has 0 bridgehead atoms. The zero-order valence-electron chi connectivity index (χ0n) is 12.9. The van der Waals surface area contributed by atoms with Crippen molar-refractivity contribution in [3.63, 3.8) is 0 Å². The Kier molecular flexibility index (Phi) is 3.08. The van der Waals surface area contributed by atoms with Gasteiger partial charge in [-0.25, -0.2) is 9.37 Å². The van der Waals surface area contributed by atoms with Crippen molar-refractivity contribution >= 4 is 5.71 Å². The van der Waals surface area contributed by atoms with Crippen LogP contribution in [0.1, 0.15) is 28.2 Å². The first-order valence-electron chi connectivity index (χ1n) is 7.44. The summed E-state index contributed by atoms with van der Waals surface area (Å²) in [5, 5.41) is 0. The summed E-state index contributed by atoms with van der Waals surface area (Å²) in [5.41, 5.74) is 4.91. The summed E-state index contributed by atoms with van der Waals surface area (Å²) in [7, 11) is 0. The van der Waals surface area contributed by atoms with Crippen molar-refractivity contribution in [2.75, 3.05) is 0 Å². The molecular formula is C18H15FN4. The molecule has 23 heavy (non-hydrogen) atoms. The summed E-state index contributed by atoms with van der Waals surface area (Å²) >= 11 is 0. The second kappa shape index (κ2) is 5.12. The molecule has 1 aliphatic heterocycles. The van der Waals surface area contributed by atoms with Gasteiger partial charge in [0.25, 0.3) is 0 Å². The highest BCUT2D eigenvalue weighted by Crippen LogP contribution is 2.28. The smallest absolute Gasteiger partial charge is 0.135 e. The first kappa shape index (κ1) is 13.8. The average molecular weight is 306 g/mol. The van der Waals surface area contributed by atoms with Crippen molar-refractivity contribution in [3.05, 3.63) is 76.9 Å². The molecule has 4 rings (SSSR count). The topological polar surface area (TPSA) is 43.1 Å². The molecule has 1 aromatic carbocycles. The predicted octanol–water partition coefficient (Wildman–Crippen LogP) is 3.37. The molecule has 0 N–H and O–H groups in total. The summed E-state index contributed by atoms with van der Waals surface area (Å²) in [5.74, 6) is 0.621. The lowest BCUT2D eigenvalue weighted by molar-refractivity contribution is 0.617. The van der Waals surface area contributed by atoms with Crippen LogP contribution in [0.4, 0.5) is 4.39 Å². The van der Waals surface area contributed by atoms with Gasteiger partial charge in [0.05, 0.1) is 17.9 Å². The molecule has 2 aromatic heterocycles. The normalized spacial score (nSPS) is 13.1. The van der Waals surface area contributed by atoms with E-state index in [1.165, 1.54) is 0 Å². The highest BCUT2D eigenvalue weighted by atomic mass is 19.1. The molecule has 4 nitrogen and oxygen atoms in total. The van der Waals surface area contributed by atoms with E-state index in [2.05, 4.69) is 19.5 Å². The van der Waals surface area contributed by atoms with Crippen LogP contribution < -0.4 is 0 Å². The number of hydrogen-bond donors (Lipinski definition) is 0. The van der Waals surface area contributed by atoms with Crippen LogP contribution in [-0.4, -0.2) is 20.2 Å². The lowest BCUT2D eigenvalue weighted by Gasteiger charge is -2.14. The predicted molar refractivity (Wildman–Crippen MR) is 86.6 cm³/mol. The van der Waals surface area contributed by atoms with Crippen molar-refractivity contribution in [2.45, 2.75) is 20.4 Å². The zero-order valence-corrected chi connectivity index (χ0v) is 12.9. The van der Waals surface area contributed by atoms with Gasteiger partial charge in [-0.1, -0.05) is 0 Å². The fraction of sp³-hybridized carbons (Fsp3) is 0.167. The van der Waals surface area contributed by atoms with Crippen molar-refractivity contribution in [3.8, 4) is 5.69 Å². The van der Waals surface area contributed by atoms with Crippen molar-refractivity contribution in [1.82, 2.24) is 14.5 Å². The standard InChI is InChI=1S/C18H15FN4/c1-11-6-16-14(7-15(11)19)18(13-4-3-5-20-9-13)22-10-17-21-8-12(2)23(16)17/h3-9H,10H2,1-2H3. The Morgan fingerprint density at radius 3 is 2.83 bits per heavy atom. The van der Waals surface area contributed by atoms with Gasteiger partial charge in [0.1, 0.15) is 11.6 Å². The second-order valence-electron chi connectivity index (χ2n) is 5.68. The largest absolute Gasteiger partial charge is 0.299 e. The molecule has 0 spiro atoms. The number of hydrogen-bond acceptors (Lipinski definition) is 3. The number of aliphatic imine (C=N–C) groups is 1. The van der Waals surface area contributed by atoms with Gasteiger partial charge in [0, 0.05) is 35.4 Å². The van der Waals surface area contributed by atoms with Gasteiger partial charge < -0.3 is 0 Å². The molecule has 0 amide bonds. The van der Waals surface area contributed by atoms with Gasteiger partial charge in [-0.15, -0.1) is 0 Å². The minimum Gasteiger partial charge on any atom is -0.299 e. The maximum absolute atomic E-state index is 14.2. The number of nitrogens with zero attached hydrogens (tertiary/aromatic N) is 4. The molecule has 3 heterocycles. The Hall–Kier alpha value is -2.82. The summed E-state index contributed by atoms with van der Waals surface area (Å²) in [4.78, 5) is 13.3. The van der Waals surface area contributed by atoms with Crippen LogP contribution in [0.25, 0.3) is 5.69 Å². The van der Waals surface area contributed by atoms with E-state index in [1.54, 1.807) is 25.4 Å². The fourth-order valence-electron chi connectivity index (χ4n) is 2.95. The number of imidazole rings is 1. The Morgan fingerprint density at radius 1 is 1.17 bits per heavy atom. The van der Waals surface area contributed by atoms with Crippen LogP contribution in [0.2, 0.25) is 0 Å². The fourth-order valence-corrected chi connectivity index (χ4v) is 2.95. The van der Waals surface area contributed by atoms with Crippen LogP contribution in [-0.2, 0) is 6.54 Å².